The number of hydrogen-bond donors (Lipinski definition) is 1. The van der Waals surface area contributed by atoms with Gasteiger partial charge in [-0.2, -0.15) is 23.2 Å². The molecule has 3 aromatic rings. The minimum atomic E-state index is -4.62. The molecule has 0 aliphatic rings. The molecule has 1 N–H and O–H groups in total. The van der Waals surface area contributed by atoms with Gasteiger partial charge in [0.1, 0.15) is 11.4 Å². The summed E-state index contributed by atoms with van der Waals surface area (Å²) in [4.78, 5) is 14.1. The van der Waals surface area contributed by atoms with E-state index in [0.29, 0.717) is 18.0 Å². The average Bonchev–Trinajstić information content (AvgIpc) is 2.79. The summed E-state index contributed by atoms with van der Waals surface area (Å²) in [7, 11) is 0. The Morgan fingerprint density at radius 1 is 1.03 bits per heavy atom. The number of aromatic nitrogens is 2. The zero-order valence-electron chi connectivity index (χ0n) is 19.2. The Kier molecular flexibility index (Phi) is 7.92. The number of nitrogens with one attached hydrogen (secondary N) is 1. The van der Waals surface area contributed by atoms with E-state index in [-0.39, 0.29) is 23.6 Å². The van der Waals surface area contributed by atoms with E-state index in [0.717, 1.165) is 18.2 Å². The largest absolute Gasteiger partial charge is 0.421 e. The average molecular weight is 459 g/mol. The first-order valence-electron chi connectivity index (χ1n) is 11.0. The van der Waals surface area contributed by atoms with Crippen molar-refractivity contribution in [2.75, 3.05) is 17.0 Å². The van der Waals surface area contributed by atoms with Gasteiger partial charge < -0.3 is 5.32 Å². The number of para-hydroxylation sites is 1. The van der Waals surface area contributed by atoms with E-state index in [9.17, 15) is 13.2 Å². The molecule has 0 fully saturated rings. The smallest absolute Gasteiger partial charge is 0.340 e. The molecule has 1 atom stereocenters. The van der Waals surface area contributed by atoms with Gasteiger partial charge in [0.05, 0.1) is 12.3 Å². The van der Waals surface area contributed by atoms with Crippen LogP contribution in [0, 0.1) is 5.92 Å². The van der Waals surface area contributed by atoms with Crippen molar-refractivity contribution in [3.8, 4) is 0 Å². The molecule has 0 bridgehead atoms. The third kappa shape index (κ3) is 6.44. The molecule has 8 heteroatoms. The zero-order valence-corrected chi connectivity index (χ0v) is 19.2. The first kappa shape index (κ1) is 24.5. The number of nitrogens with zero attached hydrogens (tertiary/aromatic N) is 3. The van der Waals surface area contributed by atoms with Gasteiger partial charge in [-0.3, -0.25) is 4.84 Å². The lowest BCUT2D eigenvalue weighted by atomic mass is 9.98. The highest BCUT2D eigenvalue weighted by Crippen LogP contribution is 2.36. The van der Waals surface area contributed by atoms with Crippen LogP contribution in [-0.2, 0) is 11.0 Å². The van der Waals surface area contributed by atoms with Gasteiger partial charge in [-0.25, -0.2) is 4.98 Å². The number of benzene rings is 2. The molecule has 1 aromatic heterocycles. The SMILES string of the molecule is CCC(C)c1cccc(Nc2nc(N(OCC(C)C)c3ccccc3)ncc2C(F)(F)F)c1. The van der Waals surface area contributed by atoms with Crippen LogP contribution in [0.15, 0.2) is 60.8 Å². The summed E-state index contributed by atoms with van der Waals surface area (Å²) in [5.41, 5.74) is 1.23. The highest BCUT2D eigenvalue weighted by atomic mass is 19.4. The van der Waals surface area contributed by atoms with Crippen molar-refractivity contribution in [3.05, 3.63) is 71.9 Å². The summed E-state index contributed by atoms with van der Waals surface area (Å²) >= 11 is 0. The fraction of sp³-hybridized carbons (Fsp3) is 0.360. The van der Waals surface area contributed by atoms with E-state index in [1.807, 2.05) is 50.2 Å². The standard InChI is InChI=1S/C25H29F3N4O/c1-5-18(4)19-10-9-11-20(14-19)30-23-22(25(26,27)28)15-29-24(31-23)32(33-16-17(2)3)21-12-7-6-8-13-21/h6-15,17-18H,5,16H2,1-4H3,(H,29,30,31). The van der Waals surface area contributed by atoms with Gasteiger partial charge in [0.25, 0.3) is 5.95 Å². The summed E-state index contributed by atoms with van der Waals surface area (Å²) in [6.07, 6.45) is -2.91. The van der Waals surface area contributed by atoms with Gasteiger partial charge in [0.15, 0.2) is 0 Å². The minimum Gasteiger partial charge on any atom is -0.340 e. The molecule has 0 amide bonds. The predicted molar refractivity (Wildman–Crippen MR) is 125 cm³/mol. The highest BCUT2D eigenvalue weighted by Gasteiger charge is 2.36. The topological polar surface area (TPSA) is 50.3 Å². The van der Waals surface area contributed by atoms with Crippen molar-refractivity contribution < 1.29 is 18.0 Å². The van der Waals surface area contributed by atoms with Crippen LogP contribution in [0.25, 0.3) is 0 Å². The van der Waals surface area contributed by atoms with E-state index in [2.05, 4.69) is 29.1 Å². The number of anilines is 4. The molecule has 3 rings (SSSR count). The van der Waals surface area contributed by atoms with Crippen molar-refractivity contribution in [1.82, 2.24) is 9.97 Å². The Bertz CT molecular complexity index is 1040. The highest BCUT2D eigenvalue weighted by molar-refractivity contribution is 5.63. The van der Waals surface area contributed by atoms with Crippen LogP contribution in [0.3, 0.4) is 0 Å². The number of hydrogen-bond acceptors (Lipinski definition) is 5. The summed E-state index contributed by atoms with van der Waals surface area (Å²) in [6, 6.07) is 16.4. The summed E-state index contributed by atoms with van der Waals surface area (Å²) in [5, 5.41) is 4.22. The van der Waals surface area contributed by atoms with Crippen LogP contribution in [-0.4, -0.2) is 16.6 Å². The normalized spacial score (nSPS) is 12.6. The van der Waals surface area contributed by atoms with E-state index in [1.54, 1.807) is 18.2 Å². The molecule has 0 radical (unpaired) electrons. The van der Waals surface area contributed by atoms with Gasteiger partial charge in [0.2, 0.25) is 0 Å². The first-order valence-corrected chi connectivity index (χ1v) is 11.0. The zero-order chi connectivity index (χ0) is 24.0. The molecule has 0 spiro atoms. The number of alkyl halides is 3. The number of rotatable bonds is 9. The van der Waals surface area contributed by atoms with Crippen LogP contribution in [0.1, 0.15) is 51.2 Å². The van der Waals surface area contributed by atoms with Crippen LogP contribution < -0.4 is 10.4 Å². The Morgan fingerprint density at radius 3 is 2.39 bits per heavy atom. The molecule has 0 saturated heterocycles. The molecule has 33 heavy (non-hydrogen) atoms. The molecule has 5 nitrogen and oxygen atoms in total. The fourth-order valence-electron chi connectivity index (χ4n) is 3.10. The van der Waals surface area contributed by atoms with Crippen molar-refractivity contribution in [1.29, 1.82) is 0 Å². The molecule has 1 heterocycles. The van der Waals surface area contributed by atoms with Crippen molar-refractivity contribution in [2.45, 2.75) is 46.2 Å². The monoisotopic (exact) mass is 458 g/mol. The number of halogens is 3. The van der Waals surface area contributed by atoms with Gasteiger partial charge >= 0.3 is 6.18 Å². The lowest BCUT2D eigenvalue weighted by Gasteiger charge is -2.24. The minimum absolute atomic E-state index is 0.00966. The summed E-state index contributed by atoms with van der Waals surface area (Å²) in [6.45, 7) is 8.45. The van der Waals surface area contributed by atoms with Crippen molar-refractivity contribution in [2.24, 2.45) is 5.92 Å². The fourth-order valence-corrected chi connectivity index (χ4v) is 3.10. The molecule has 1 unspecified atom stereocenters. The van der Waals surface area contributed by atoms with Crippen LogP contribution in [0.2, 0.25) is 0 Å². The van der Waals surface area contributed by atoms with E-state index < -0.39 is 11.7 Å². The van der Waals surface area contributed by atoms with Gasteiger partial charge in [-0.1, -0.05) is 58.0 Å². The second kappa shape index (κ2) is 10.7. The maximum atomic E-state index is 13.8. The third-order valence-electron chi connectivity index (χ3n) is 5.12. The van der Waals surface area contributed by atoms with Crippen LogP contribution >= 0.6 is 0 Å². The maximum absolute atomic E-state index is 13.8. The Labute approximate surface area is 192 Å². The van der Waals surface area contributed by atoms with Gasteiger partial charge in [-0.05, 0) is 48.1 Å². The van der Waals surface area contributed by atoms with Crippen LogP contribution in [0.5, 0.6) is 0 Å². The molecule has 0 aliphatic heterocycles. The van der Waals surface area contributed by atoms with E-state index in [4.69, 9.17) is 4.84 Å². The lowest BCUT2D eigenvalue weighted by Crippen LogP contribution is -2.24. The molecule has 176 valence electrons. The Morgan fingerprint density at radius 2 is 1.76 bits per heavy atom. The van der Waals surface area contributed by atoms with Crippen molar-refractivity contribution in [3.63, 3.8) is 0 Å². The molecule has 2 aromatic carbocycles. The molecule has 0 saturated carbocycles. The Balaban J connectivity index is 2.03. The van der Waals surface area contributed by atoms with E-state index >= 15 is 0 Å². The molecular weight excluding hydrogens is 429 g/mol. The van der Waals surface area contributed by atoms with Crippen LogP contribution in [0.4, 0.5) is 36.3 Å². The second-order valence-electron chi connectivity index (χ2n) is 8.31. The summed E-state index contributed by atoms with van der Waals surface area (Å²) in [5.74, 6) is 0.165. The Hall–Kier alpha value is -3.13. The quantitative estimate of drug-likeness (QED) is 0.337. The van der Waals surface area contributed by atoms with Gasteiger partial charge in [0, 0.05) is 11.9 Å². The predicted octanol–water partition coefficient (Wildman–Crippen LogP) is 7.48. The molecular formula is C25H29F3N4O. The lowest BCUT2D eigenvalue weighted by molar-refractivity contribution is -0.137. The third-order valence-corrected chi connectivity index (χ3v) is 5.12. The van der Waals surface area contributed by atoms with Crippen molar-refractivity contribution >= 4 is 23.1 Å². The van der Waals surface area contributed by atoms with Gasteiger partial charge in [-0.15, -0.1) is 0 Å². The molecule has 0 aliphatic carbocycles. The maximum Gasteiger partial charge on any atom is 0.421 e. The second-order valence-corrected chi connectivity index (χ2v) is 8.31. The summed E-state index contributed by atoms with van der Waals surface area (Å²) < 4.78 is 41.3. The first-order chi connectivity index (χ1) is 15.7. The van der Waals surface area contributed by atoms with E-state index in [1.165, 1.54) is 5.06 Å².